The van der Waals surface area contributed by atoms with Crippen LogP contribution < -0.4 is 15.4 Å². The summed E-state index contributed by atoms with van der Waals surface area (Å²) < 4.78 is 11.9. The molecule has 0 aliphatic carbocycles. The molecule has 9 heteroatoms. The number of methoxy groups -OCH3 is 1. The minimum atomic E-state index is -0.658. The second-order valence-electron chi connectivity index (χ2n) is 6.49. The molecule has 0 radical (unpaired) electrons. The predicted octanol–water partition coefficient (Wildman–Crippen LogP) is 1.95. The fourth-order valence-corrected chi connectivity index (χ4v) is 3.55. The smallest absolute Gasteiger partial charge is 0.441 e. The van der Waals surface area contributed by atoms with Crippen molar-refractivity contribution in [3.05, 3.63) is 52.1 Å². The Hall–Kier alpha value is -3.00. The van der Waals surface area contributed by atoms with Gasteiger partial charge in [-0.15, -0.1) is 0 Å². The fraction of sp³-hybridized carbons (Fsp3) is 0.316. The van der Waals surface area contributed by atoms with Crippen molar-refractivity contribution in [1.82, 2.24) is 14.5 Å². The van der Waals surface area contributed by atoms with E-state index in [1.165, 1.54) is 0 Å². The number of fused-ring (bicyclic) bond motifs is 1. The minimum Gasteiger partial charge on any atom is -0.495 e. The third-order valence-corrected chi connectivity index (χ3v) is 5.15. The summed E-state index contributed by atoms with van der Waals surface area (Å²) in [5.41, 5.74) is 1.01. The van der Waals surface area contributed by atoms with E-state index in [0.717, 1.165) is 5.69 Å². The molecule has 3 aliphatic heterocycles. The molecule has 0 N–H and O–H groups in total. The lowest BCUT2D eigenvalue weighted by Crippen LogP contribution is -2.49. The highest BCUT2D eigenvalue weighted by atomic mass is 35.5. The monoisotopic (exact) mass is 402 g/mol. The number of hydrogen-bond donors (Lipinski definition) is 0. The van der Waals surface area contributed by atoms with Gasteiger partial charge in [-0.25, -0.2) is 4.79 Å². The molecule has 0 saturated carbocycles. The topological polar surface area (TPSA) is 80.8 Å². The lowest BCUT2D eigenvalue weighted by Gasteiger charge is -2.36. The lowest BCUT2D eigenvalue weighted by atomic mass is 10.2. The van der Waals surface area contributed by atoms with E-state index in [0.29, 0.717) is 48.5 Å². The van der Waals surface area contributed by atoms with Crippen molar-refractivity contribution in [2.24, 2.45) is 0 Å². The maximum absolute atomic E-state index is 12.7. The normalized spacial score (nSPS) is 14.5. The third-order valence-electron chi connectivity index (χ3n) is 4.84. The van der Waals surface area contributed by atoms with Crippen LogP contribution in [0, 0.1) is 0 Å². The van der Waals surface area contributed by atoms with Crippen molar-refractivity contribution in [1.29, 1.82) is 0 Å². The summed E-state index contributed by atoms with van der Waals surface area (Å²) in [7, 11) is 1.59. The SMILES string of the molecule is COc1cc(N2CCN(C(=O)Cn3cccc4oc(=O)nc3-4)CC2)ccc1Cl. The molecular weight excluding hydrogens is 384 g/mol. The quantitative estimate of drug-likeness (QED) is 0.663. The van der Waals surface area contributed by atoms with Gasteiger partial charge in [0.05, 0.1) is 12.1 Å². The Labute approximate surface area is 166 Å². The Morgan fingerprint density at radius 1 is 1.25 bits per heavy atom. The van der Waals surface area contributed by atoms with Crippen molar-refractivity contribution in [2.45, 2.75) is 6.54 Å². The molecule has 1 amide bonds. The second kappa shape index (κ2) is 7.55. The van der Waals surface area contributed by atoms with Crippen LogP contribution in [0.3, 0.4) is 0 Å². The highest BCUT2D eigenvalue weighted by molar-refractivity contribution is 6.32. The number of hydrogen-bond acceptors (Lipinski definition) is 6. The zero-order chi connectivity index (χ0) is 19.7. The number of halogens is 1. The second-order valence-corrected chi connectivity index (χ2v) is 6.90. The highest BCUT2D eigenvalue weighted by Gasteiger charge is 2.23. The van der Waals surface area contributed by atoms with Gasteiger partial charge in [-0.05, 0) is 24.3 Å². The molecule has 1 saturated heterocycles. The molecule has 0 bridgehead atoms. The molecule has 146 valence electrons. The summed E-state index contributed by atoms with van der Waals surface area (Å²) in [4.78, 5) is 31.9. The number of piperazine rings is 1. The predicted molar refractivity (Wildman–Crippen MR) is 104 cm³/mol. The van der Waals surface area contributed by atoms with E-state index in [-0.39, 0.29) is 12.5 Å². The summed E-state index contributed by atoms with van der Waals surface area (Å²) in [6.45, 7) is 2.73. The number of carbonyl (C=O) groups is 1. The maximum Gasteiger partial charge on any atom is 0.441 e. The maximum atomic E-state index is 12.7. The Kier molecular flexibility index (Phi) is 4.95. The van der Waals surface area contributed by atoms with Crippen LogP contribution in [-0.4, -0.2) is 53.6 Å². The van der Waals surface area contributed by atoms with E-state index in [2.05, 4.69) is 9.88 Å². The van der Waals surface area contributed by atoms with Crippen LogP contribution in [0.4, 0.5) is 5.69 Å². The van der Waals surface area contributed by atoms with E-state index < -0.39 is 5.76 Å². The zero-order valence-electron chi connectivity index (χ0n) is 15.3. The number of ether oxygens (including phenoxy) is 1. The first-order valence-electron chi connectivity index (χ1n) is 8.87. The number of benzene rings is 1. The van der Waals surface area contributed by atoms with E-state index in [1.807, 2.05) is 23.1 Å². The molecule has 1 fully saturated rings. The van der Waals surface area contributed by atoms with Gasteiger partial charge in [-0.2, -0.15) is 4.98 Å². The summed E-state index contributed by atoms with van der Waals surface area (Å²) in [5.74, 6) is 0.706. The lowest BCUT2D eigenvalue weighted by molar-refractivity contribution is -0.132. The molecule has 4 rings (SSSR count). The van der Waals surface area contributed by atoms with Gasteiger partial charge in [-0.1, -0.05) is 11.6 Å². The van der Waals surface area contributed by atoms with E-state index in [1.54, 1.807) is 30.0 Å². The molecule has 1 aromatic rings. The Bertz CT molecular complexity index is 1020. The van der Waals surface area contributed by atoms with Gasteiger partial charge in [0.15, 0.2) is 11.6 Å². The molecule has 1 aromatic carbocycles. The number of aromatic nitrogens is 2. The average Bonchev–Trinajstić information content (AvgIpc) is 3.10. The number of oxazole rings is 1. The first-order chi connectivity index (χ1) is 13.5. The number of anilines is 1. The standard InChI is InChI=1S/C19H19ClN4O4/c1-27-16-11-13(4-5-14(16)20)22-7-9-23(10-8-22)17(25)12-24-6-2-3-15-18(24)21-19(26)28-15/h2-6,11H,7-10,12H2,1H3. The van der Waals surface area contributed by atoms with Gasteiger partial charge in [0.2, 0.25) is 5.91 Å². The number of pyridine rings is 1. The van der Waals surface area contributed by atoms with Gasteiger partial charge in [-0.3, -0.25) is 4.79 Å². The number of amides is 1. The third kappa shape index (κ3) is 3.55. The summed E-state index contributed by atoms with van der Waals surface area (Å²) in [6.07, 6.45) is 1.72. The number of carbonyl (C=O) groups excluding carboxylic acids is 1. The van der Waals surface area contributed by atoms with Gasteiger partial charge in [0.1, 0.15) is 12.3 Å². The van der Waals surface area contributed by atoms with Crippen molar-refractivity contribution in [3.8, 4) is 17.3 Å². The van der Waals surface area contributed by atoms with Crippen LogP contribution in [0.5, 0.6) is 5.75 Å². The molecular formula is C19H19ClN4O4. The summed E-state index contributed by atoms with van der Waals surface area (Å²) >= 11 is 6.09. The van der Waals surface area contributed by atoms with Crippen molar-refractivity contribution < 1.29 is 13.9 Å². The van der Waals surface area contributed by atoms with E-state index in [9.17, 15) is 9.59 Å². The minimum absolute atomic E-state index is 0.0266. The highest BCUT2D eigenvalue weighted by Crippen LogP contribution is 2.29. The molecule has 0 aromatic heterocycles. The van der Waals surface area contributed by atoms with Gasteiger partial charge < -0.3 is 23.5 Å². The van der Waals surface area contributed by atoms with Crippen LogP contribution in [0.25, 0.3) is 11.6 Å². The molecule has 28 heavy (non-hydrogen) atoms. The van der Waals surface area contributed by atoms with Crippen molar-refractivity contribution >= 4 is 23.2 Å². The zero-order valence-corrected chi connectivity index (χ0v) is 16.1. The largest absolute Gasteiger partial charge is 0.495 e. The molecule has 3 aliphatic rings. The van der Waals surface area contributed by atoms with Crippen LogP contribution in [0.2, 0.25) is 5.02 Å². The average molecular weight is 403 g/mol. The summed E-state index contributed by atoms with van der Waals surface area (Å²) in [6, 6.07) is 9.05. The van der Waals surface area contributed by atoms with Crippen LogP contribution in [0.1, 0.15) is 0 Å². The van der Waals surface area contributed by atoms with Gasteiger partial charge in [0, 0.05) is 44.1 Å². The number of nitrogens with zero attached hydrogens (tertiary/aromatic N) is 4. The van der Waals surface area contributed by atoms with Crippen LogP contribution in [-0.2, 0) is 11.3 Å². The Morgan fingerprint density at radius 3 is 2.79 bits per heavy atom. The molecule has 3 heterocycles. The van der Waals surface area contributed by atoms with Gasteiger partial charge >= 0.3 is 5.76 Å². The van der Waals surface area contributed by atoms with Crippen molar-refractivity contribution in [3.63, 3.8) is 0 Å². The number of rotatable bonds is 4. The first kappa shape index (κ1) is 18.4. The Morgan fingerprint density at radius 2 is 2.04 bits per heavy atom. The molecule has 0 spiro atoms. The van der Waals surface area contributed by atoms with E-state index >= 15 is 0 Å². The van der Waals surface area contributed by atoms with Gasteiger partial charge in [0.25, 0.3) is 0 Å². The van der Waals surface area contributed by atoms with Crippen LogP contribution >= 0.6 is 11.6 Å². The first-order valence-corrected chi connectivity index (χ1v) is 9.25. The molecule has 0 atom stereocenters. The fourth-order valence-electron chi connectivity index (χ4n) is 3.36. The Balaban J connectivity index is 1.41. The van der Waals surface area contributed by atoms with Crippen LogP contribution in [0.15, 0.2) is 45.7 Å². The molecule has 0 unspecified atom stereocenters. The van der Waals surface area contributed by atoms with Crippen molar-refractivity contribution in [2.75, 3.05) is 38.2 Å². The summed E-state index contributed by atoms with van der Waals surface area (Å²) in [5, 5.41) is 0.570. The van der Waals surface area contributed by atoms with E-state index in [4.69, 9.17) is 20.8 Å². The molecule has 8 nitrogen and oxygen atoms in total.